The molecule has 8 rings (SSSR count). The Balaban J connectivity index is 1.27. The number of rotatable bonds is 4. The molecule has 6 aromatic carbocycles. The second kappa shape index (κ2) is 9.85. The molecule has 0 radical (unpaired) electrons. The topological polar surface area (TPSA) is 38.7 Å². The minimum Gasteiger partial charge on any atom is -0.208 e. The molecule has 43 heavy (non-hydrogen) atoms. The van der Waals surface area contributed by atoms with E-state index in [2.05, 4.69) is 123 Å². The van der Waals surface area contributed by atoms with Crippen LogP contribution in [-0.2, 0) is 5.41 Å². The molecule has 1 aromatic heterocycles. The van der Waals surface area contributed by atoms with Crippen LogP contribution in [0.1, 0.15) is 25.0 Å². The molecule has 1 heterocycles. The molecule has 0 amide bonds. The van der Waals surface area contributed by atoms with E-state index < -0.39 is 0 Å². The van der Waals surface area contributed by atoms with E-state index in [0.29, 0.717) is 17.5 Å². The highest BCUT2D eigenvalue weighted by molar-refractivity contribution is 5.95. The maximum Gasteiger partial charge on any atom is 0.164 e. The van der Waals surface area contributed by atoms with Gasteiger partial charge in [0.1, 0.15) is 0 Å². The lowest BCUT2D eigenvalue weighted by molar-refractivity contribution is 0.660. The normalized spacial score (nSPS) is 13.1. The molecule has 0 saturated carbocycles. The van der Waals surface area contributed by atoms with Crippen molar-refractivity contribution >= 4 is 10.8 Å². The smallest absolute Gasteiger partial charge is 0.164 e. The molecule has 0 bridgehead atoms. The van der Waals surface area contributed by atoms with Crippen molar-refractivity contribution in [2.45, 2.75) is 19.3 Å². The van der Waals surface area contributed by atoms with Gasteiger partial charge in [0.2, 0.25) is 0 Å². The molecule has 0 N–H and O–H groups in total. The van der Waals surface area contributed by atoms with Crippen LogP contribution in [0.4, 0.5) is 0 Å². The highest BCUT2D eigenvalue weighted by atomic mass is 15.0. The van der Waals surface area contributed by atoms with Crippen molar-refractivity contribution in [2.75, 3.05) is 0 Å². The van der Waals surface area contributed by atoms with Gasteiger partial charge in [-0.2, -0.15) is 0 Å². The number of aromatic nitrogens is 3. The number of hydrogen-bond donors (Lipinski definition) is 0. The molecule has 204 valence electrons. The second-order valence-corrected chi connectivity index (χ2v) is 11.7. The second-order valence-electron chi connectivity index (χ2n) is 11.7. The van der Waals surface area contributed by atoms with Crippen LogP contribution in [0.3, 0.4) is 0 Å². The summed E-state index contributed by atoms with van der Waals surface area (Å²) < 4.78 is 0. The monoisotopic (exact) mass is 551 g/mol. The van der Waals surface area contributed by atoms with E-state index in [0.717, 1.165) is 33.0 Å². The van der Waals surface area contributed by atoms with Crippen molar-refractivity contribution in [3.05, 3.63) is 151 Å². The van der Waals surface area contributed by atoms with Crippen LogP contribution in [0.25, 0.3) is 67.2 Å². The highest BCUT2D eigenvalue weighted by Gasteiger charge is 2.35. The lowest BCUT2D eigenvalue weighted by Crippen LogP contribution is -2.14. The maximum absolute atomic E-state index is 5.07. The minimum atomic E-state index is -0.0109. The molecule has 0 spiro atoms. The Morgan fingerprint density at radius 3 is 1.86 bits per heavy atom. The molecular formula is C40H29N3. The Bertz CT molecular complexity index is 2160. The summed E-state index contributed by atoms with van der Waals surface area (Å²) in [5, 5.41) is 2.28. The van der Waals surface area contributed by atoms with Gasteiger partial charge in [-0.25, -0.2) is 15.0 Å². The number of benzene rings is 6. The molecule has 0 saturated heterocycles. The molecule has 3 heteroatoms. The first-order valence-corrected chi connectivity index (χ1v) is 14.7. The third-order valence-corrected chi connectivity index (χ3v) is 8.74. The number of hydrogen-bond acceptors (Lipinski definition) is 3. The van der Waals surface area contributed by atoms with Gasteiger partial charge in [-0.3, -0.25) is 0 Å². The first-order chi connectivity index (χ1) is 21.1. The molecule has 3 nitrogen and oxygen atoms in total. The fourth-order valence-electron chi connectivity index (χ4n) is 6.50. The quantitative estimate of drug-likeness (QED) is 0.218. The van der Waals surface area contributed by atoms with Crippen molar-refractivity contribution in [1.29, 1.82) is 0 Å². The van der Waals surface area contributed by atoms with Gasteiger partial charge in [-0.05, 0) is 56.3 Å². The Kier molecular flexibility index (Phi) is 5.80. The van der Waals surface area contributed by atoms with Crippen molar-refractivity contribution in [3.63, 3.8) is 0 Å². The zero-order chi connectivity index (χ0) is 29.0. The fraction of sp³-hybridized carbons (Fsp3) is 0.0750. The van der Waals surface area contributed by atoms with Gasteiger partial charge in [-0.15, -0.1) is 0 Å². The van der Waals surface area contributed by atoms with E-state index >= 15 is 0 Å². The Morgan fingerprint density at radius 1 is 0.395 bits per heavy atom. The SMILES string of the molecule is CC1(C)c2ccccc2-c2cc(-c3cccc(-c4nc(-c5ccccc5)nc(-c5cccc6ccccc56)n4)c3)ccc21. The largest absolute Gasteiger partial charge is 0.208 e. The Labute approximate surface area is 251 Å². The summed E-state index contributed by atoms with van der Waals surface area (Å²) in [6.45, 7) is 4.63. The minimum absolute atomic E-state index is 0.0109. The molecule has 0 unspecified atom stereocenters. The summed E-state index contributed by atoms with van der Waals surface area (Å²) in [7, 11) is 0. The van der Waals surface area contributed by atoms with E-state index in [1.165, 1.54) is 27.8 Å². The van der Waals surface area contributed by atoms with Gasteiger partial charge in [0.05, 0.1) is 0 Å². The van der Waals surface area contributed by atoms with Gasteiger partial charge in [0.25, 0.3) is 0 Å². The lowest BCUT2D eigenvalue weighted by Gasteiger charge is -2.21. The standard InChI is InChI=1S/C40H29N3/c1-40(2)35-21-9-8-19-32(35)34-25-29(22-23-36(34)40)28-16-10-17-30(24-28)38-41-37(27-13-4-3-5-14-27)42-39(43-38)33-20-11-15-26-12-6-7-18-31(26)33/h3-25H,1-2H3. The predicted octanol–water partition coefficient (Wildman–Crippen LogP) is 10.00. The third kappa shape index (κ3) is 4.24. The molecular weight excluding hydrogens is 522 g/mol. The average molecular weight is 552 g/mol. The maximum atomic E-state index is 5.07. The fourth-order valence-corrected chi connectivity index (χ4v) is 6.50. The van der Waals surface area contributed by atoms with Crippen molar-refractivity contribution < 1.29 is 0 Å². The first-order valence-electron chi connectivity index (χ1n) is 14.7. The molecule has 1 aliphatic carbocycles. The van der Waals surface area contributed by atoms with Crippen LogP contribution >= 0.6 is 0 Å². The summed E-state index contributed by atoms with van der Waals surface area (Å²) in [4.78, 5) is 15.0. The summed E-state index contributed by atoms with van der Waals surface area (Å²) in [5.41, 5.74) is 10.6. The van der Waals surface area contributed by atoms with Gasteiger partial charge in [0, 0.05) is 22.1 Å². The molecule has 1 aliphatic rings. The Morgan fingerprint density at radius 2 is 0.977 bits per heavy atom. The van der Waals surface area contributed by atoms with Gasteiger partial charge in [-0.1, -0.05) is 141 Å². The summed E-state index contributed by atoms with van der Waals surface area (Å²) in [5.74, 6) is 1.99. The molecule has 0 aliphatic heterocycles. The van der Waals surface area contributed by atoms with Gasteiger partial charge < -0.3 is 0 Å². The van der Waals surface area contributed by atoms with Crippen LogP contribution in [0, 0.1) is 0 Å². The van der Waals surface area contributed by atoms with Crippen LogP contribution in [0.15, 0.2) is 140 Å². The van der Waals surface area contributed by atoms with Crippen LogP contribution in [-0.4, -0.2) is 15.0 Å². The summed E-state index contributed by atoms with van der Waals surface area (Å²) in [6, 6.07) is 49.0. The summed E-state index contributed by atoms with van der Waals surface area (Å²) >= 11 is 0. The van der Waals surface area contributed by atoms with E-state index in [1.807, 2.05) is 30.3 Å². The number of fused-ring (bicyclic) bond motifs is 4. The van der Waals surface area contributed by atoms with Crippen molar-refractivity contribution in [1.82, 2.24) is 15.0 Å². The molecule has 0 fully saturated rings. The summed E-state index contributed by atoms with van der Waals surface area (Å²) in [6.07, 6.45) is 0. The third-order valence-electron chi connectivity index (χ3n) is 8.74. The predicted molar refractivity (Wildman–Crippen MR) is 177 cm³/mol. The zero-order valence-electron chi connectivity index (χ0n) is 24.1. The van der Waals surface area contributed by atoms with Crippen LogP contribution < -0.4 is 0 Å². The van der Waals surface area contributed by atoms with Gasteiger partial charge >= 0.3 is 0 Å². The van der Waals surface area contributed by atoms with Crippen LogP contribution in [0.2, 0.25) is 0 Å². The van der Waals surface area contributed by atoms with Crippen LogP contribution in [0.5, 0.6) is 0 Å². The van der Waals surface area contributed by atoms with E-state index in [9.17, 15) is 0 Å². The van der Waals surface area contributed by atoms with E-state index in [4.69, 9.17) is 15.0 Å². The average Bonchev–Trinajstić information content (AvgIpc) is 3.30. The Hall–Kier alpha value is -5.41. The van der Waals surface area contributed by atoms with Crippen molar-refractivity contribution in [3.8, 4) is 56.4 Å². The molecule has 7 aromatic rings. The van der Waals surface area contributed by atoms with E-state index in [-0.39, 0.29) is 5.41 Å². The lowest BCUT2D eigenvalue weighted by atomic mass is 9.82. The van der Waals surface area contributed by atoms with E-state index in [1.54, 1.807) is 0 Å². The first kappa shape index (κ1) is 25.3. The highest BCUT2D eigenvalue weighted by Crippen LogP contribution is 2.49. The van der Waals surface area contributed by atoms with Gasteiger partial charge in [0.15, 0.2) is 17.5 Å². The molecule has 0 atom stereocenters. The van der Waals surface area contributed by atoms with Crippen molar-refractivity contribution in [2.24, 2.45) is 0 Å². The number of nitrogens with zero attached hydrogens (tertiary/aromatic N) is 3. The zero-order valence-corrected chi connectivity index (χ0v) is 24.1.